The van der Waals surface area contributed by atoms with E-state index in [0.29, 0.717) is 0 Å². The lowest BCUT2D eigenvalue weighted by Gasteiger charge is -2.08. The van der Waals surface area contributed by atoms with E-state index in [-0.39, 0.29) is 11.7 Å². The normalized spacial score (nSPS) is 11.2. The Kier molecular flexibility index (Phi) is 6.75. The molecule has 172 valence electrons. The Morgan fingerprint density at radius 3 is 2.74 bits per heavy atom. The zero-order valence-corrected chi connectivity index (χ0v) is 21.3. The van der Waals surface area contributed by atoms with E-state index in [9.17, 15) is 4.79 Å². The lowest BCUT2D eigenvalue weighted by molar-refractivity contribution is -0.113. The van der Waals surface area contributed by atoms with Crippen LogP contribution in [-0.2, 0) is 17.8 Å². The fourth-order valence-corrected chi connectivity index (χ4v) is 6.21. The molecule has 3 aromatic heterocycles. The van der Waals surface area contributed by atoms with Crippen molar-refractivity contribution in [1.82, 2.24) is 19.7 Å². The molecule has 1 N–H and O–H groups in total. The Hall–Kier alpha value is -3.01. The number of rotatable bonds is 8. The number of thioether (sulfide) groups is 1. The molecule has 5 aromatic rings. The van der Waals surface area contributed by atoms with Crippen molar-refractivity contribution in [3.8, 4) is 10.6 Å². The van der Waals surface area contributed by atoms with E-state index < -0.39 is 0 Å². The monoisotopic (exact) mass is 505 g/mol. The van der Waals surface area contributed by atoms with E-state index in [0.717, 1.165) is 45.7 Å². The lowest BCUT2D eigenvalue weighted by Crippen LogP contribution is -2.14. The highest BCUT2D eigenvalue weighted by Crippen LogP contribution is 2.31. The number of aromatic nitrogens is 4. The second kappa shape index (κ2) is 10.1. The minimum absolute atomic E-state index is 0.0707. The maximum absolute atomic E-state index is 12.6. The summed E-state index contributed by atoms with van der Waals surface area (Å²) < 4.78 is 3.26. The first-order chi connectivity index (χ1) is 16.6. The molecule has 0 spiro atoms. The van der Waals surface area contributed by atoms with Gasteiger partial charge in [-0.1, -0.05) is 23.9 Å². The Morgan fingerprint density at radius 2 is 1.97 bits per heavy atom. The number of anilines is 1. The van der Waals surface area contributed by atoms with Gasteiger partial charge >= 0.3 is 0 Å². The van der Waals surface area contributed by atoms with Crippen LogP contribution >= 0.6 is 34.4 Å². The van der Waals surface area contributed by atoms with Crippen LogP contribution in [0.4, 0.5) is 5.69 Å². The molecule has 0 aliphatic rings. The molecular weight excluding hydrogens is 483 g/mol. The lowest BCUT2D eigenvalue weighted by atomic mass is 10.2. The third-order valence-electron chi connectivity index (χ3n) is 5.31. The fraction of sp³-hybridized carbons (Fsp3) is 0.200. The first-order valence-electron chi connectivity index (χ1n) is 10.9. The number of amides is 1. The Bertz CT molecular complexity index is 1420. The van der Waals surface area contributed by atoms with E-state index in [4.69, 9.17) is 4.98 Å². The molecule has 9 heteroatoms. The summed E-state index contributed by atoms with van der Waals surface area (Å²) in [5.74, 6) is 1.13. The quantitative estimate of drug-likeness (QED) is 0.252. The molecule has 0 radical (unpaired) electrons. The SMILES string of the molecule is CCn1c(Cc2cccs2)nnc1SCC(=O)Nc1ccc(-c2nc3ccc(C)cc3s2)cc1. The Morgan fingerprint density at radius 1 is 1.12 bits per heavy atom. The summed E-state index contributed by atoms with van der Waals surface area (Å²) >= 11 is 4.80. The summed E-state index contributed by atoms with van der Waals surface area (Å²) in [7, 11) is 0. The summed E-state index contributed by atoms with van der Waals surface area (Å²) in [6.45, 7) is 4.93. The van der Waals surface area contributed by atoms with Crippen molar-refractivity contribution in [2.75, 3.05) is 11.1 Å². The van der Waals surface area contributed by atoms with Gasteiger partial charge in [0, 0.05) is 29.1 Å². The number of nitrogens with one attached hydrogen (secondary N) is 1. The van der Waals surface area contributed by atoms with Gasteiger partial charge in [0.05, 0.1) is 16.0 Å². The van der Waals surface area contributed by atoms with E-state index in [1.807, 2.05) is 30.3 Å². The van der Waals surface area contributed by atoms with Gasteiger partial charge < -0.3 is 9.88 Å². The highest BCUT2D eigenvalue weighted by Gasteiger charge is 2.14. The first kappa shape index (κ1) is 22.8. The number of fused-ring (bicyclic) bond motifs is 1. The number of hydrogen-bond donors (Lipinski definition) is 1. The number of thiazole rings is 1. The van der Waals surface area contributed by atoms with E-state index >= 15 is 0 Å². The maximum atomic E-state index is 12.6. The van der Waals surface area contributed by atoms with Crippen molar-refractivity contribution in [2.45, 2.75) is 32.0 Å². The fourth-order valence-electron chi connectivity index (χ4n) is 3.62. The average molecular weight is 506 g/mol. The van der Waals surface area contributed by atoms with Crippen LogP contribution in [0.1, 0.15) is 23.2 Å². The number of carbonyl (C=O) groups is 1. The van der Waals surface area contributed by atoms with Gasteiger partial charge in [-0.25, -0.2) is 4.98 Å². The molecule has 5 rings (SSSR count). The van der Waals surface area contributed by atoms with E-state index in [2.05, 4.69) is 63.6 Å². The molecule has 3 heterocycles. The van der Waals surface area contributed by atoms with Crippen LogP contribution in [0.15, 0.2) is 65.1 Å². The van der Waals surface area contributed by atoms with E-state index in [1.54, 1.807) is 22.7 Å². The second-order valence-electron chi connectivity index (χ2n) is 7.80. The first-order valence-corrected chi connectivity index (χ1v) is 13.6. The highest BCUT2D eigenvalue weighted by atomic mass is 32.2. The van der Waals surface area contributed by atoms with Crippen LogP contribution in [0.3, 0.4) is 0 Å². The summed E-state index contributed by atoms with van der Waals surface area (Å²) in [6.07, 6.45) is 0.756. The highest BCUT2D eigenvalue weighted by molar-refractivity contribution is 7.99. The van der Waals surface area contributed by atoms with Crippen LogP contribution in [0.25, 0.3) is 20.8 Å². The molecule has 0 unspecified atom stereocenters. The van der Waals surface area contributed by atoms with Crippen molar-refractivity contribution in [3.05, 3.63) is 76.2 Å². The number of benzene rings is 2. The number of thiophene rings is 1. The minimum atomic E-state index is -0.0707. The van der Waals surface area contributed by atoms with Crippen molar-refractivity contribution >= 4 is 56.2 Å². The van der Waals surface area contributed by atoms with Crippen LogP contribution in [0, 0.1) is 6.92 Å². The second-order valence-corrected chi connectivity index (χ2v) is 10.8. The van der Waals surface area contributed by atoms with Gasteiger partial charge in [-0.3, -0.25) is 4.79 Å². The minimum Gasteiger partial charge on any atom is -0.325 e. The molecule has 0 atom stereocenters. The van der Waals surface area contributed by atoms with Crippen molar-refractivity contribution in [1.29, 1.82) is 0 Å². The van der Waals surface area contributed by atoms with Crippen molar-refractivity contribution < 1.29 is 4.79 Å². The van der Waals surface area contributed by atoms with E-state index in [1.165, 1.54) is 26.9 Å². The van der Waals surface area contributed by atoms with Gasteiger partial charge in [0.25, 0.3) is 0 Å². The van der Waals surface area contributed by atoms with Crippen LogP contribution in [0.5, 0.6) is 0 Å². The molecule has 6 nitrogen and oxygen atoms in total. The molecule has 0 aliphatic heterocycles. The van der Waals surface area contributed by atoms with Gasteiger partial charge in [0.2, 0.25) is 5.91 Å². The summed E-state index contributed by atoms with van der Waals surface area (Å²) in [6, 6.07) is 18.3. The van der Waals surface area contributed by atoms with Crippen LogP contribution < -0.4 is 5.32 Å². The van der Waals surface area contributed by atoms with Gasteiger partial charge in [-0.05, 0) is 67.3 Å². The zero-order chi connectivity index (χ0) is 23.5. The number of carbonyl (C=O) groups excluding carboxylic acids is 1. The molecule has 34 heavy (non-hydrogen) atoms. The zero-order valence-electron chi connectivity index (χ0n) is 18.8. The predicted octanol–water partition coefficient (Wildman–Crippen LogP) is 6.27. The third-order valence-corrected chi connectivity index (χ3v) is 8.22. The van der Waals surface area contributed by atoms with Gasteiger partial charge in [0.1, 0.15) is 10.8 Å². The van der Waals surface area contributed by atoms with Gasteiger partial charge in [0.15, 0.2) is 5.16 Å². The molecule has 2 aromatic carbocycles. The smallest absolute Gasteiger partial charge is 0.234 e. The van der Waals surface area contributed by atoms with Crippen molar-refractivity contribution in [2.24, 2.45) is 0 Å². The molecule has 0 saturated heterocycles. The summed E-state index contributed by atoms with van der Waals surface area (Å²) in [4.78, 5) is 18.5. The number of hydrogen-bond acceptors (Lipinski definition) is 7. The summed E-state index contributed by atoms with van der Waals surface area (Å²) in [5, 5.41) is 15.4. The Labute approximate surface area is 210 Å². The predicted molar refractivity (Wildman–Crippen MR) is 142 cm³/mol. The van der Waals surface area contributed by atoms with Crippen LogP contribution in [-0.4, -0.2) is 31.4 Å². The third kappa shape index (κ3) is 5.06. The number of aryl methyl sites for hydroxylation is 1. The van der Waals surface area contributed by atoms with Gasteiger partial charge in [-0.15, -0.1) is 32.9 Å². The molecule has 1 amide bonds. The summed E-state index contributed by atoms with van der Waals surface area (Å²) in [5.41, 5.74) is 4.05. The maximum Gasteiger partial charge on any atom is 0.234 e. The number of nitrogens with zero attached hydrogens (tertiary/aromatic N) is 4. The molecule has 0 bridgehead atoms. The van der Waals surface area contributed by atoms with Gasteiger partial charge in [-0.2, -0.15) is 0 Å². The standard InChI is InChI=1S/C25H23N5OS3/c1-3-30-22(14-19-5-4-12-32-19)28-29-25(30)33-15-23(31)26-18-9-7-17(8-10-18)24-27-20-11-6-16(2)13-21(20)34-24/h4-13H,3,14-15H2,1-2H3,(H,26,31). The largest absolute Gasteiger partial charge is 0.325 e. The molecular formula is C25H23N5OS3. The Balaban J connectivity index is 1.20. The topological polar surface area (TPSA) is 72.7 Å². The molecule has 0 saturated carbocycles. The molecule has 0 aliphatic carbocycles. The average Bonchev–Trinajstić information content (AvgIpc) is 3.58. The van der Waals surface area contributed by atoms with Crippen molar-refractivity contribution in [3.63, 3.8) is 0 Å². The van der Waals surface area contributed by atoms with Crippen LogP contribution in [0.2, 0.25) is 0 Å². The molecule has 0 fully saturated rings.